The molecule has 0 fully saturated rings. The Morgan fingerprint density at radius 3 is 2.63 bits per heavy atom. The number of carbonyl (C=O) groups excluding carboxylic acids is 1. The maximum Gasteiger partial charge on any atom is 0.243 e. The first kappa shape index (κ1) is 22.3. The lowest BCUT2D eigenvalue weighted by Crippen LogP contribution is -2.22. The van der Waals surface area contributed by atoms with Gasteiger partial charge in [0, 0.05) is 18.8 Å². The Labute approximate surface area is 162 Å². The van der Waals surface area contributed by atoms with E-state index in [1.54, 1.807) is 20.3 Å². The van der Waals surface area contributed by atoms with Gasteiger partial charge in [0.15, 0.2) is 11.5 Å². The molecule has 0 spiro atoms. The minimum Gasteiger partial charge on any atom is -0.493 e. The number of amides is 1. The summed E-state index contributed by atoms with van der Waals surface area (Å²) in [5.74, 6) is 1.19. The first-order chi connectivity index (χ1) is 13.1. The Morgan fingerprint density at radius 1 is 1.15 bits per heavy atom. The fourth-order valence-corrected chi connectivity index (χ4v) is 2.19. The molecule has 0 aromatic heterocycles. The molecule has 0 aliphatic carbocycles. The van der Waals surface area contributed by atoms with Crippen molar-refractivity contribution in [2.24, 2.45) is 5.10 Å². The van der Waals surface area contributed by atoms with E-state index in [4.69, 9.17) is 9.47 Å². The van der Waals surface area contributed by atoms with Gasteiger partial charge in [-0.3, -0.25) is 4.79 Å². The number of carbonyl (C=O) groups is 1. The zero-order chi connectivity index (χ0) is 19.9. The molecule has 0 saturated carbocycles. The van der Waals surface area contributed by atoms with Crippen molar-refractivity contribution in [3.8, 4) is 11.5 Å². The maximum absolute atomic E-state index is 11.9. The number of nitrogens with one attached hydrogen (secondary N) is 2. The van der Waals surface area contributed by atoms with E-state index in [0.29, 0.717) is 18.0 Å². The number of rotatable bonds is 12. The first-order valence-corrected chi connectivity index (χ1v) is 9.12. The third-order valence-electron chi connectivity index (χ3n) is 3.68. The third kappa shape index (κ3) is 10.1. The molecule has 1 aromatic rings. The third-order valence-corrected chi connectivity index (χ3v) is 3.68. The van der Waals surface area contributed by atoms with Crippen LogP contribution in [0.4, 0.5) is 0 Å². The van der Waals surface area contributed by atoms with Gasteiger partial charge in [-0.05, 0) is 56.9 Å². The van der Waals surface area contributed by atoms with Crippen LogP contribution < -0.4 is 20.2 Å². The van der Waals surface area contributed by atoms with Crippen LogP contribution in [0.5, 0.6) is 11.5 Å². The summed E-state index contributed by atoms with van der Waals surface area (Å²) in [5, 5.41) is 7.01. The zero-order valence-electron chi connectivity index (χ0n) is 16.7. The quantitative estimate of drug-likeness (QED) is 0.193. The highest BCUT2D eigenvalue weighted by atomic mass is 16.5. The van der Waals surface area contributed by atoms with Gasteiger partial charge in [-0.25, -0.2) is 0 Å². The molecule has 0 aliphatic heterocycles. The summed E-state index contributed by atoms with van der Waals surface area (Å²) in [6.07, 6.45) is 10.0. The Bertz CT molecular complexity index is 663. The van der Waals surface area contributed by atoms with Gasteiger partial charge in [-0.15, -0.1) is 0 Å². The number of allylic oxidation sites excluding steroid dienone is 1. The fourth-order valence-electron chi connectivity index (χ4n) is 2.19. The zero-order valence-corrected chi connectivity index (χ0v) is 16.7. The molecule has 2 N–H and O–H groups in total. The summed E-state index contributed by atoms with van der Waals surface area (Å²) in [7, 11) is 3.18. The first-order valence-electron chi connectivity index (χ1n) is 9.12. The van der Waals surface area contributed by atoms with Crippen molar-refractivity contribution in [2.45, 2.75) is 33.1 Å². The van der Waals surface area contributed by atoms with Gasteiger partial charge < -0.3 is 20.2 Å². The molecule has 148 valence electrons. The highest BCUT2D eigenvalue weighted by Gasteiger charge is 2.03. The summed E-state index contributed by atoms with van der Waals surface area (Å²) in [5.41, 5.74) is 5.12. The van der Waals surface area contributed by atoms with Gasteiger partial charge in [-0.1, -0.05) is 17.7 Å². The molecule has 1 amide bonds. The topological polar surface area (TPSA) is 72.0 Å². The average Bonchev–Trinajstić information content (AvgIpc) is 2.67. The molecule has 0 saturated heterocycles. The normalized spacial score (nSPS) is 10.8. The van der Waals surface area contributed by atoms with E-state index >= 15 is 0 Å². The predicted octanol–water partition coefficient (Wildman–Crippen LogP) is 3.55. The van der Waals surface area contributed by atoms with Gasteiger partial charge in [0.1, 0.15) is 0 Å². The van der Waals surface area contributed by atoms with Crippen LogP contribution in [0.3, 0.4) is 0 Å². The van der Waals surface area contributed by atoms with Gasteiger partial charge in [0.25, 0.3) is 0 Å². The van der Waals surface area contributed by atoms with Crippen LogP contribution in [-0.4, -0.2) is 39.4 Å². The summed E-state index contributed by atoms with van der Waals surface area (Å²) in [4.78, 5) is 11.9. The van der Waals surface area contributed by atoms with Crippen LogP contribution in [0, 0.1) is 0 Å². The number of methoxy groups -OCH3 is 2. The van der Waals surface area contributed by atoms with Crippen LogP contribution >= 0.6 is 0 Å². The van der Waals surface area contributed by atoms with Gasteiger partial charge in [0.2, 0.25) is 5.91 Å². The Balaban J connectivity index is 2.21. The molecular weight excluding hydrogens is 342 g/mol. The maximum atomic E-state index is 11.9. The van der Waals surface area contributed by atoms with Crippen molar-refractivity contribution in [2.75, 3.05) is 27.3 Å². The lowest BCUT2D eigenvalue weighted by molar-refractivity contribution is -0.116. The van der Waals surface area contributed by atoms with Crippen LogP contribution in [-0.2, 0) is 4.79 Å². The van der Waals surface area contributed by atoms with E-state index in [9.17, 15) is 4.79 Å². The number of hydrazone groups is 1. The van der Waals surface area contributed by atoms with Crippen molar-refractivity contribution < 1.29 is 14.3 Å². The van der Waals surface area contributed by atoms with E-state index in [1.807, 2.05) is 24.4 Å². The average molecular weight is 373 g/mol. The number of hydrogen-bond donors (Lipinski definition) is 2. The Kier molecular flexibility index (Phi) is 11.1. The van der Waals surface area contributed by atoms with Crippen LogP contribution in [0.2, 0.25) is 0 Å². The molecule has 0 radical (unpaired) electrons. The summed E-state index contributed by atoms with van der Waals surface area (Å²) < 4.78 is 10.4. The summed E-state index contributed by atoms with van der Waals surface area (Å²) in [6, 6.07) is 5.51. The van der Waals surface area contributed by atoms with E-state index < -0.39 is 0 Å². The minimum atomic E-state index is -0.109. The molecule has 0 aliphatic rings. The van der Waals surface area contributed by atoms with Gasteiger partial charge >= 0.3 is 0 Å². The predicted molar refractivity (Wildman–Crippen MR) is 111 cm³/mol. The largest absolute Gasteiger partial charge is 0.493 e. The van der Waals surface area contributed by atoms with E-state index in [1.165, 1.54) is 11.6 Å². The molecule has 0 atom stereocenters. The van der Waals surface area contributed by atoms with Crippen molar-refractivity contribution in [3.63, 3.8) is 0 Å². The van der Waals surface area contributed by atoms with Crippen molar-refractivity contribution >= 4 is 18.2 Å². The van der Waals surface area contributed by atoms with Crippen molar-refractivity contribution in [1.29, 1.82) is 0 Å². The molecule has 0 bridgehead atoms. The smallest absolute Gasteiger partial charge is 0.243 e. The molecule has 1 aromatic carbocycles. The molecule has 6 heteroatoms. The number of nitrogens with zero attached hydrogens (tertiary/aromatic N) is 1. The highest BCUT2D eigenvalue weighted by molar-refractivity contribution is 5.91. The Morgan fingerprint density at radius 2 is 1.93 bits per heavy atom. The fraction of sp³-hybridized carbons (Fsp3) is 0.429. The monoisotopic (exact) mass is 373 g/mol. The van der Waals surface area contributed by atoms with Crippen LogP contribution in [0.1, 0.15) is 38.7 Å². The number of benzene rings is 1. The number of hydrogen-bond acceptors (Lipinski definition) is 5. The summed E-state index contributed by atoms with van der Waals surface area (Å²) in [6.45, 7) is 5.51. The second-order valence-corrected chi connectivity index (χ2v) is 6.19. The van der Waals surface area contributed by atoms with Crippen molar-refractivity contribution in [1.82, 2.24) is 10.7 Å². The lowest BCUT2D eigenvalue weighted by Gasteiger charge is -2.07. The van der Waals surface area contributed by atoms with E-state index in [-0.39, 0.29) is 5.91 Å². The summed E-state index contributed by atoms with van der Waals surface area (Å²) >= 11 is 0. The van der Waals surface area contributed by atoms with Crippen molar-refractivity contribution in [3.05, 3.63) is 41.5 Å². The SMILES string of the molecule is COc1ccc(/C=C/C(=O)NCCCC/C=N/NCC=C(C)C)cc1OC. The molecular formula is C21H31N3O3. The number of ether oxygens (including phenoxy) is 2. The lowest BCUT2D eigenvalue weighted by atomic mass is 10.2. The van der Waals surface area contributed by atoms with Gasteiger partial charge in [0.05, 0.1) is 20.8 Å². The van der Waals surface area contributed by atoms with E-state index in [0.717, 1.165) is 31.4 Å². The standard InChI is InChI=1S/C21H31N3O3/c1-17(2)12-15-24-23-14-7-5-6-13-22-21(25)11-9-18-8-10-19(26-3)20(16-18)27-4/h8-12,14,16,24H,5-7,13,15H2,1-4H3,(H,22,25)/b11-9+,23-14+. The molecule has 1 rings (SSSR count). The van der Waals surface area contributed by atoms with E-state index in [2.05, 4.69) is 35.8 Å². The molecule has 27 heavy (non-hydrogen) atoms. The Hall–Kier alpha value is -2.76. The van der Waals surface area contributed by atoms with Gasteiger partial charge in [-0.2, -0.15) is 5.10 Å². The minimum absolute atomic E-state index is 0.109. The van der Waals surface area contributed by atoms with Crippen LogP contribution in [0.25, 0.3) is 6.08 Å². The second kappa shape index (κ2) is 13.4. The molecule has 0 heterocycles. The second-order valence-electron chi connectivity index (χ2n) is 6.19. The van der Waals surface area contributed by atoms with Crippen LogP contribution in [0.15, 0.2) is 41.0 Å². The molecule has 0 unspecified atom stereocenters. The highest BCUT2D eigenvalue weighted by Crippen LogP contribution is 2.27. The molecule has 6 nitrogen and oxygen atoms in total. The number of unbranched alkanes of at least 4 members (excludes halogenated alkanes) is 2.